The van der Waals surface area contributed by atoms with E-state index in [-0.39, 0.29) is 0 Å². The minimum atomic E-state index is 0.824. The molecule has 296 valence electrons. The molecule has 5 heteroatoms. The number of nitrogens with one attached hydrogen (secondary N) is 1. The van der Waals surface area contributed by atoms with Crippen molar-refractivity contribution in [3.8, 4) is 22.3 Å². The van der Waals surface area contributed by atoms with Crippen molar-refractivity contribution in [3.05, 3.63) is 213 Å². The van der Waals surface area contributed by atoms with Gasteiger partial charge in [0.25, 0.3) is 0 Å². The lowest BCUT2D eigenvalue weighted by atomic mass is 9.92. The van der Waals surface area contributed by atoms with Crippen molar-refractivity contribution < 1.29 is 13.3 Å². The summed E-state index contributed by atoms with van der Waals surface area (Å²) in [5, 5.41) is 13.6. The maximum atomic E-state index is 6.77. The van der Waals surface area contributed by atoms with Gasteiger partial charge in [0.1, 0.15) is 27.9 Å². The number of nitrogens with zero attached hydrogens (tertiary/aromatic N) is 1. The number of hydrogen-bond acceptors (Lipinski definition) is 5. The Morgan fingerprint density at radius 3 is 1.62 bits per heavy atom. The zero-order chi connectivity index (χ0) is 41.4. The Bertz CT molecular complexity index is 3760. The van der Waals surface area contributed by atoms with Crippen LogP contribution in [0.1, 0.15) is 0 Å². The molecule has 0 radical (unpaired) electrons. The molecular weight excluding hydrogens is 773 g/mol. The van der Waals surface area contributed by atoms with E-state index in [1.807, 2.05) is 36.6 Å². The molecule has 63 heavy (non-hydrogen) atoms. The standard InChI is InChI=1S/C58H36N2O3/c1-2-15-39(16-3-1)59-52-22-11-21-43(56(52)51-35-61-53-23-9-8-20-46(51)53)38-14-10-17-40(32-38)60(41-26-30-47-49-28-24-36-12-4-6-18-44(36)57(49)62-54(47)33-41)42-27-31-48-50-29-25-37-13-5-7-19-45(37)58(50)63-55(48)34-42/h1-35,59H. The molecule has 0 aliphatic heterocycles. The molecule has 0 amide bonds. The molecule has 0 fully saturated rings. The largest absolute Gasteiger partial charge is 0.464 e. The van der Waals surface area contributed by atoms with Gasteiger partial charge < -0.3 is 23.5 Å². The lowest BCUT2D eigenvalue weighted by Gasteiger charge is -2.26. The summed E-state index contributed by atoms with van der Waals surface area (Å²) in [4.78, 5) is 2.30. The van der Waals surface area contributed by atoms with Crippen molar-refractivity contribution >= 4 is 105 Å². The topological polar surface area (TPSA) is 54.7 Å². The number of hydrogen-bond donors (Lipinski definition) is 1. The van der Waals surface area contributed by atoms with E-state index in [1.54, 1.807) is 0 Å². The van der Waals surface area contributed by atoms with Crippen LogP contribution in [0.2, 0.25) is 0 Å². The third-order valence-corrected chi connectivity index (χ3v) is 12.5. The zero-order valence-electron chi connectivity index (χ0n) is 33.9. The molecule has 0 saturated heterocycles. The number of furan rings is 3. The number of benzene rings is 10. The molecule has 0 saturated carbocycles. The minimum absolute atomic E-state index is 0.824. The molecule has 3 aromatic heterocycles. The molecule has 10 aromatic carbocycles. The molecule has 13 rings (SSSR count). The van der Waals surface area contributed by atoms with Gasteiger partial charge in [0, 0.05) is 89.4 Å². The second-order valence-electron chi connectivity index (χ2n) is 16.1. The third kappa shape index (κ3) is 5.71. The molecule has 1 N–H and O–H groups in total. The first-order chi connectivity index (χ1) is 31.2. The monoisotopic (exact) mass is 808 g/mol. The number of rotatable bonds is 7. The van der Waals surface area contributed by atoms with Gasteiger partial charge in [-0.2, -0.15) is 0 Å². The van der Waals surface area contributed by atoms with Crippen LogP contribution >= 0.6 is 0 Å². The van der Waals surface area contributed by atoms with Gasteiger partial charge in [-0.05, 0) is 94.7 Å². The quantitative estimate of drug-likeness (QED) is 0.174. The fraction of sp³-hybridized carbons (Fsp3) is 0. The highest BCUT2D eigenvalue weighted by Crippen LogP contribution is 2.46. The van der Waals surface area contributed by atoms with Gasteiger partial charge in [-0.15, -0.1) is 0 Å². The van der Waals surface area contributed by atoms with Crippen molar-refractivity contribution in [2.24, 2.45) is 0 Å². The summed E-state index contributed by atoms with van der Waals surface area (Å²) in [7, 11) is 0. The Balaban J connectivity index is 1.02. The summed E-state index contributed by atoms with van der Waals surface area (Å²) in [6.07, 6.45) is 1.88. The number of para-hydroxylation sites is 2. The first-order valence-electron chi connectivity index (χ1n) is 21.2. The average molecular weight is 809 g/mol. The highest BCUT2D eigenvalue weighted by atomic mass is 16.3. The summed E-state index contributed by atoms with van der Waals surface area (Å²) in [5.41, 5.74) is 13.4. The number of anilines is 5. The van der Waals surface area contributed by atoms with Crippen molar-refractivity contribution in [1.82, 2.24) is 0 Å². The van der Waals surface area contributed by atoms with Crippen LogP contribution in [0.25, 0.3) is 98.6 Å². The molecule has 0 atom stereocenters. The first-order valence-corrected chi connectivity index (χ1v) is 21.2. The zero-order valence-corrected chi connectivity index (χ0v) is 33.9. The van der Waals surface area contributed by atoms with Crippen molar-refractivity contribution in [2.45, 2.75) is 0 Å². The Labute approximate surface area is 361 Å². The van der Waals surface area contributed by atoms with Crippen molar-refractivity contribution in [3.63, 3.8) is 0 Å². The Morgan fingerprint density at radius 2 is 0.937 bits per heavy atom. The van der Waals surface area contributed by atoms with Gasteiger partial charge in [-0.25, -0.2) is 0 Å². The van der Waals surface area contributed by atoms with Gasteiger partial charge in [-0.1, -0.05) is 121 Å². The molecule has 0 aliphatic rings. The Kier molecular flexibility index (Phi) is 7.84. The Hall–Kier alpha value is -8.54. The van der Waals surface area contributed by atoms with Crippen LogP contribution in [0.4, 0.5) is 28.4 Å². The molecule has 0 spiro atoms. The van der Waals surface area contributed by atoms with E-state index >= 15 is 0 Å². The summed E-state index contributed by atoms with van der Waals surface area (Å²) in [6, 6.07) is 72.4. The molecular formula is C58H36N2O3. The lowest BCUT2D eigenvalue weighted by molar-refractivity contribution is 0.617. The van der Waals surface area contributed by atoms with Crippen LogP contribution in [-0.4, -0.2) is 0 Å². The Morgan fingerprint density at radius 1 is 0.365 bits per heavy atom. The molecule has 0 aliphatic carbocycles. The van der Waals surface area contributed by atoms with Gasteiger partial charge in [0.2, 0.25) is 0 Å². The highest BCUT2D eigenvalue weighted by molar-refractivity contribution is 6.17. The van der Waals surface area contributed by atoms with E-state index in [0.29, 0.717) is 0 Å². The van der Waals surface area contributed by atoms with Crippen LogP contribution in [0, 0.1) is 0 Å². The van der Waals surface area contributed by atoms with E-state index in [4.69, 9.17) is 13.3 Å². The van der Waals surface area contributed by atoms with Crippen LogP contribution in [-0.2, 0) is 0 Å². The predicted octanol–water partition coefficient (Wildman–Crippen LogP) is 17.1. The van der Waals surface area contributed by atoms with Crippen LogP contribution in [0.15, 0.2) is 226 Å². The van der Waals surface area contributed by atoms with E-state index in [0.717, 1.165) is 127 Å². The van der Waals surface area contributed by atoms with E-state index < -0.39 is 0 Å². The highest BCUT2D eigenvalue weighted by Gasteiger charge is 2.22. The number of fused-ring (bicyclic) bond motifs is 11. The second-order valence-corrected chi connectivity index (χ2v) is 16.1. The summed E-state index contributed by atoms with van der Waals surface area (Å²) < 4.78 is 19.7. The van der Waals surface area contributed by atoms with Gasteiger partial charge >= 0.3 is 0 Å². The van der Waals surface area contributed by atoms with E-state index in [2.05, 4.69) is 186 Å². The SMILES string of the molecule is c1ccc(Nc2cccc(-c3cccc(N(c4ccc5c(c4)oc4c6ccccc6ccc54)c4ccc5c(c4)oc4c6ccccc6ccc54)c3)c2-c2coc3ccccc23)cc1. The van der Waals surface area contributed by atoms with Crippen LogP contribution < -0.4 is 10.2 Å². The molecule has 5 nitrogen and oxygen atoms in total. The third-order valence-electron chi connectivity index (χ3n) is 12.5. The predicted molar refractivity (Wildman–Crippen MR) is 261 cm³/mol. The smallest absolute Gasteiger partial charge is 0.143 e. The summed E-state index contributed by atoms with van der Waals surface area (Å²) in [5.74, 6) is 0. The van der Waals surface area contributed by atoms with E-state index in [9.17, 15) is 0 Å². The van der Waals surface area contributed by atoms with Gasteiger partial charge in [-0.3, -0.25) is 0 Å². The molecule has 0 unspecified atom stereocenters. The fourth-order valence-electron chi connectivity index (χ4n) is 9.56. The van der Waals surface area contributed by atoms with Crippen molar-refractivity contribution in [1.29, 1.82) is 0 Å². The maximum Gasteiger partial charge on any atom is 0.143 e. The minimum Gasteiger partial charge on any atom is -0.464 e. The summed E-state index contributed by atoms with van der Waals surface area (Å²) >= 11 is 0. The average Bonchev–Trinajstić information content (AvgIpc) is 4.05. The van der Waals surface area contributed by atoms with Crippen molar-refractivity contribution in [2.75, 3.05) is 10.2 Å². The molecule has 13 aromatic rings. The first kappa shape index (κ1) is 35.2. The van der Waals surface area contributed by atoms with Gasteiger partial charge in [0.15, 0.2) is 0 Å². The second kappa shape index (κ2) is 14.0. The molecule has 0 bridgehead atoms. The van der Waals surface area contributed by atoms with Crippen LogP contribution in [0.3, 0.4) is 0 Å². The fourth-order valence-corrected chi connectivity index (χ4v) is 9.56. The molecule has 3 heterocycles. The van der Waals surface area contributed by atoms with Crippen LogP contribution in [0.5, 0.6) is 0 Å². The normalized spacial score (nSPS) is 11.8. The van der Waals surface area contributed by atoms with Gasteiger partial charge in [0.05, 0.1) is 6.26 Å². The van der Waals surface area contributed by atoms with E-state index in [1.165, 1.54) is 0 Å². The maximum absolute atomic E-state index is 6.77. The lowest BCUT2D eigenvalue weighted by Crippen LogP contribution is -2.10. The summed E-state index contributed by atoms with van der Waals surface area (Å²) in [6.45, 7) is 0.